The summed E-state index contributed by atoms with van der Waals surface area (Å²) in [6, 6.07) is 4.03. The van der Waals surface area contributed by atoms with Crippen LogP contribution in [0.4, 0.5) is 0 Å². The molecule has 1 aromatic rings. The van der Waals surface area contributed by atoms with Crippen molar-refractivity contribution in [1.82, 2.24) is 10.3 Å². The summed E-state index contributed by atoms with van der Waals surface area (Å²) >= 11 is 0. The van der Waals surface area contributed by atoms with Gasteiger partial charge in [0.15, 0.2) is 0 Å². The average molecular weight is 234 g/mol. The minimum atomic E-state index is 0.125. The molecule has 1 fully saturated rings. The van der Waals surface area contributed by atoms with E-state index in [9.17, 15) is 5.11 Å². The summed E-state index contributed by atoms with van der Waals surface area (Å²) in [7, 11) is 0. The van der Waals surface area contributed by atoms with E-state index in [4.69, 9.17) is 0 Å². The molecule has 0 aromatic carbocycles. The Kier molecular flexibility index (Phi) is 4.51. The van der Waals surface area contributed by atoms with Gasteiger partial charge in [0.1, 0.15) is 0 Å². The van der Waals surface area contributed by atoms with Crippen molar-refractivity contribution in [1.29, 1.82) is 0 Å². The summed E-state index contributed by atoms with van der Waals surface area (Å²) in [5.41, 5.74) is 1.33. The first-order valence-electron chi connectivity index (χ1n) is 6.55. The molecule has 1 aliphatic carbocycles. The molecule has 0 bridgehead atoms. The van der Waals surface area contributed by atoms with Crippen LogP contribution in [-0.2, 0) is 6.54 Å². The number of nitrogens with one attached hydrogen (secondary N) is 1. The quantitative estimate of drug-likeness (QED) is 0.820. The normalized spacial score (nSPS) is 19.1. The fraction of sp³-hybridized carbons (Fsp3) is 0.643. The Hall–Kier alpha value is -0.930. The first-order chi connectivity index (χ1) is 8.35. The lowest BCUT2D eigenvalue weighted by Crippen LogP contribution is -2.38. The lowest BCUT2D eigenvalue weighted by Gasteiger charge is -2.35. The molecule has 94 valence electrons. The van der Waals surface area contributed by atoms with Crippen LogP contribution < -0.4 is 5.32 Å². The zero-order chi connectivity index (χ0) is 12.0. The number of hydrogen-bond acceptors (Lipinski definition) is 3. The molecule has 0 spiro atoms. The Balaban J connectivity index is 1.80. The molecule has 17 heavy (non-hydrogen) atoms. The topological polar surface area (TPSA) is 45.1 Å². The van der Waals surface area contributed by atoms with Gasteiger partial charge in [-0.1, -0.05) is 25.3 Å². The molecular weight excluding hydrogens is 212 g/mol. The monoisotopic (exact) mass is 234 g/mol. The Labute approximate surface area is 103 Å². The first-order valence-corrected chi connectivity index (χ1v) is 6.55. The molecule has 2 N–H and O–H groups in total. The molecule has 0 saturated heterocycles. The van der Waals surface area contributed by atoms with Gasteiger partial charge in [0.2, 0.25) is 0 Å². The molecule has 1 heterocycles. The molecule has 2 rings (SSSR count). The first kappa shape index (κ1) is 12.5. The van der Waals surface area contributed by atoms with Gasteiger partial charge < -0.3 is 10.4 Å². The van der Waals surface area contributed by atoms with Crippen LogP contribution in [0.25, 0.3) is 0 Å². The fourth-order valence-corrected chi connectivity index (χ4v) is 2.67. The van der Waals surface area contributed by atoms with E-state index in [-0.39, 0.29) is 5.41 Å². The van der Waals surface area contributed by atoms with Crippen LogP contribution in [0.5, 0.6) is 0 Å². The average Bonchev–Trinajstić information content (AvgIpc) is 2.41. The number of aromatic nitrogens is 1. The molecule has 1 saturated carbocycles. The second kappa shape index (κ2) is 6.12. The van der Waals surface area contributed by atoms with Gasteiger partial charge in [-0.3, -0.25) is 4.98 Å². The predicted molar refractivity (Wildman–Crippen MR) is 68.5 cm³/mol. The smallest absolute Gasteiger partial charge is 0.0499 e. The van der Waals surface area contributed by atoms with Crippen molar-refractivity contribution in [2.24, 2.45) is 5.41 Å². The molecule has 3 nitrogen and oxygen atoms in total. The molecule has 1 aromatic heterocycles. The van der Waals surface area contributed by atoms with E-state index in [0.29, 0.717) is 6.61 Å². The van der Waals surface area contributed by atoms with E-state index < -0.39 is 0 Å². The maximum absolute atomic E-state index is 9.59. The van der Waals surface area contributed by atoms with E-state index >= 15 is 0 Å². The molecule has 3 heteroatoms. The number of rotatable bonds is 5. The van der Waals surface area contributed by atoms with Gasteiger partial charge in [0.05, 0.1) is 0 Å². The maximum atomic E-state index is 9.59. The summed E-state index contributed by atoms with van der Waals surface area (Å²) in [4.78, 5) is 4.10. The third-order valence-corrected chi connectivity index (χ3v) is 3.80. The van der Waals surface area contributed by atoms with Crippen LogP contribution >= 0.6 is 0 Å². The van der Waals surface area contributed by atoms with Gasteiger partial charge in [0, 0.05) is 37.5 Å². The molecule has 0 unspecified atom stereocenters. The largest absolute Gasteiger partial charge is 0.396 e. The number of aliphatic hydroxyl groups excluding tert-OH is 1. The van der Waals surface area contributed by atoms with Gasteiger partial charge >= 0.3 is 0 Å². The molecule has 0 radical (unpaired) electrons. The van der Waals surface area contributed by atoms with Crippen molar-refractivity contribution < 1.29 is 5.11 Å². The highest BCUT2D eigenvalue weighted by molar-refractivity contribution is 5.07. The van der Waals surface area contributed by atoms with Crippen LogP contribution in [0.15, 0.2) is 24.5 Å². The van der Waals surface area contributed by atoms with E-state index in [1.165, 1.54) is 24.8 Å². The molecule has 0 aliphatic heterocycles. The highest BCUT2D eigenvalue weighted by Gasteiger charge is 2.30. The van der Waals surface area contributed by atoms with Gasteiger partial charge in [-0.25, -0.2) is 0 Å². The van der Waals surface area contributed by atoms with E-state index in [0.717, 1.165) is 25.9 Å². The third kappa shape index (κ3) is 3.51. The summed E-state index contributed by atoms with van der Waals surface area (Å²) in [5.74, 6) is 0. The summed E-state index contributed by atoms with van der Waals surface area (Å²) in [5, 5.41) is 13.0. The zero-order valence-corrected chi connectivity index (χ0v) is 10.4. The summed E-state index contributed by atoms with van der Waals surface area (Å²) in [6.07, 6.45) is 9.83. The van der Waals surface area contributed by atoms with Crippen LogP contribution in [0.3, 0.4) is 0 Å². The maximum Gasteiger partial charge on any atom is 0.0499 e. The zero-order valence-electron chi connectivity index (χ0n) is 10.4. The van der Waals surface area contributed by atoms with Crippen LogP contribution in [-0.4, -0.2) is 23.2 Å². The highest BCUT2D eigenvalue weighted by atomic mass is 16.3. The second-order valence-electron chi connectivity index (χ2n) is 5.18. The summed E-state index contributed by atoms with van der Waals surface area (Å²) < 4.78 is 0. The lowest BCUT2D eigenvalue weighted by molar-refractivity contribution is 0.0810. The van der Waals surface area contributed by atoms with Crippen molar-refractivity contribution in [2.45, 2.75) is 38.6 Å². The van der Waals surface area contributed by atoms with Crippen molar-refractivity contribution >= 4 is 0 Å². The number of hydrogen-bond donors (Lipinski definition) is 2. The Bertz CT molecular complexity index is 320. The van der Waals surface area contributed by atoms with Crippen LogP contribution in [0.2, 0.25) is 0 Å². The van der Waals surface area contributed by atoms with E-state index in [1.807, 2.05) is 12.3 Å². The van der Waals surface area contributed by atoms with Crippen molar-refractivity contribution in [2.75, 3.05) is 13.2 Å². The predicted octanol–water partition coefficient (Wildman–Crippen LogP) is 2.11. The second-order valence-corrected chi connectivity index (χ2v) is 5.18. The molecule has 1 aliphatic rings. The Morgan fingerprint density at radius 3 is 2.76 bits per heavy atom. The fourth-order valence-electron chi connectivity index (χ4n) is 2.67. The van der Waals surface area contributed by atoms with E-state index in [1.54, 1.807) is 6.20 Å². The number of pyridine rings is 1. The highest BCUT2D eigenvalue weighted by Crippen LogP contribution is 2.35. The minimum absolute atomic E-state index is 0.125. The van der Waals surface area contributed by atoms with Gasteiger partial charge in [-0.05, 0) is 24.5 Å². The SMILES string of the molecule is OCC1(CNCc2cccnc2)CCCCC1. The number of nitrogens with zero attached hydrogens (tertiary/aromatic N) is 1. The molecule has 0 amide bonds. The standard InChI is InChI=1S/C14H22N2O/c17-12-14(6-2-1-3-7-14)11-16-10-13-5-4-8-15-9-13/h4-5,8-9,16-17H,1-3,6-7,10-12H2. The Morgan fingerprint density at radius 1 is 1.29 bits per heavy atom. The number of aliphatic hydroxyl groups is 1. The molecule has 0 atom stereocenters. The minimum Gasteiger partial charge on any atom is -0.396 e. The third-order valence-electron chi connectivity index (χ3n) is 3.80. The summed E-state index contributed by atoms with van der Waals surface area (Å²) in [6.45, 7) is 2.07. The van der Waals surface area contributed by atoms with Crippen LogP contribution in [0, 0.1) is 5.41 Å². The van der Waals surface area contributed by atoms with Crippen molar-refractivity contribution in [3.8, 4) is 0 Å². The Morgan fingerprint density at radius 2 is 2.12 bits per heavy atom. The van der Waals surface area contributed by atoms with Gasteiger partial charge in [0.25, 0.3) is 0 Å². The van der Waals surface area contributed by atoms with Gasteiger partial charge in [-0.2, -0.15) is 0 Å². The van der Waals surface area contributed by atoms with Crippen molar-refractivity contribution in [3.63, 3.8) is 0 Å². The van der Waals surface area contributed by atoms with Crippen molar-refractivity contribution in [3.05, 3.63) is 30.1 Å². The van der Waals surface area contributed by atoms with Gasteiger partial charge in [-0.15, -0.1) is 0 Å². The lowest BCUT2D eigenvalue weighted by atomic mass is 9.74. The van der Waals surface area contributed by atoms with Crippen LogP contribution in [0.1, 0.15) is 37.7 Å². The molecular formula is C14H22N2O. The van der Waals surface area contributed by atoms with E-state index in [2.05, 4.69) is 16.4 Å².